The van der Waals surface area contributed by atoms with Crippen molar-refractivity contribution in [2.45, 2.75) is 33.2 Å². The first-order valence-electron chi connectivity index (χ1n) is 6.15. The van der Waals surface area contributed by atoms with E-state index in [0.29, 0.717) is 25.1 Å². The zero-order valence-electron chi connectivity index (χ0n) is 11.0. The van der Waals surface area contributed by atoms with E-state index in [1.54, 1.807) is 0 Å². The maximum absolute atomic E-state index is 5.84. The van der Waals surface area contributed by atoms with E-state index < -0.39 is 0 Å². The SMILES string of the molecule is CCCNc1nc(Cl)nc(NC(C)COCC)n1. The maximum atomic E-state index is 5.84. The Kier molecular flexibility index (Phi) is 6.67. The summed E-state index contributed by atoms with van der Waals surface area (Å²) in [5.41, 5.74) is 0. The fourth-order valence-corrected chi connectivity index (χ4v) is 1.45. The smallest absolute Gasteiger partial charge is 0.229 e. The van der Waals surface area contributed by atoms with Crippen molar-refractivity contribution in [1.82, 2.24) is 15.0 Å². The summed E-state index contributed by atoms with van der Waals surface area (Å²) in [6, 6.07) is 0.113. The molecule has 1 aromatic rings. The number of rotatable bonds is 8. The molecule has 102 valence electrons. The minimum atomic E-state index is 0.113. The van der Waals surface area contributed by atoms with Crippen molar-refractivity contribution in [2.24, 2.45) is 0 Å². The highest BCUT2D eigenvalue weighted by Crippen LogP contribution is 2.10. The molecule has 1 unspecified atom stereocenters. The van der Waals surface area contributed by atoms with E-state index in [1.165, 1.54) is 0 Å². The van der Waals surface area contributed by atoms with Crippen LogP contribution in [0.15, 0.2) is 0 Å². The summed E-state index contributed by atoms with van der Waals surface area (Å²) in [5, 5.41) is 6.37. The molecule has 0 saturated carbocycles. The van der Waals surface area contributed by atoms with Crippen LogP contribution < -0.4 is 10.6 Å². The van der Waals surface area contributed by atoms with E-state index in [1.807, 2.05) is 13.8 Å². The molecule has 0 spiro atoms. The van der Waals surface area contributed by atoms with Crippen molar-refractivity contribution in [1.29, 1.82) is 0 Å². The Labute approximate surface area is 113 Å². The second kappa shape index (κ2) is 8.05. The normalized spacial score (nSPS) is 12.2. The average molecular weight is 274 g/mol. The summed E-state index contributed by atoms with van der Waals surface area (Å²) < 4.78 is 5.31. The molecule has 7 heteroatoms. The predicted octanol–water partition coefficient (Wildman–Crippen LogP) is 2.18. The number of nitrogens with one attached hydrogen (secondary N) is 2. The van der Waals surface area contributed by atoms with Gasteiger partial charge in [-0.15, -0.1) is 0 Å². The first kappa shape index (κ1) is 14.9. The van der Waals surface area contributed by atoms with Crippen molar-refractivity contribution in [3.05, 3.63) is 5.28 Å². The molecule has 0 saturated heterocycles. The van der Waals surface area contributed by atoms with Crippen molar-refractivity contribution in [2.75, 3.05) is 30.4 Å². The molecule has 0 amide bonds. The van der Waals surface area contributed by atoms with Crippen LogP contribution in [-0.4, -0.2) is 40.8 Å². The van der Waals surface area contributed by atoms with Gasteiger partial charge in [0.05, 0.1) is 6.61 Å². The first-order valence-corrected chi connectivity index (χ1v) is 6.53. The van der Waals surface area contributed by atoms with Crippen molar-refractivity contribution < 1.29 is 4.74 Å². The van der Waals surface area contributed by atoms with Gasteiger partial charge < -0.3 is 15.4 Å². The van der Waals surface area contributed by atoms with E-state index in [9.17, 15) is 0 Å². The molecule has 2 N–H and O–H groups in total. The van der Waals surface area contributed by atoms with E-state index in [-0.39, 0.29) is 11.3 Å². The van der Waals surface area contributed by atoms with Gasteiger partial charge in [0, 0.05) is 19.2 Å². The lowest BCUT2D eigenvalue weighted by Gasteiger charge is -2.14. The zero-order chi connectivity index (χ0) is 13.4. The minimum absolute atomic E-state index is 0.113. The van der Waals surface area contributed by atoms with Crippen LogP contribution in [0.3, 0.4) is 0 Å². The number of halogens is 1. The standard InChI is InChI=1S/C11H20ClN5O/c1-4-6-13-10-15-9(12)16-11(17-10)14-8(3)7-18-5-2/h8H,4-7H2,1-3H3,(H2,13,14,15,16,17). The quantitative estimate of drug-likeness (QED) is 0.756. The van der Waals surface area contributed by atoms with Crippen LogP contribution in [0.1, 0.15) is 27.2 Å². The Morgan fingerprint density at radius 1 is 1.22 bits per heavy atom. The second-order valence-electron chi connectivity index (χ2n) is 3.88. The molecule has 18 heavy (non-hydrogen) atoms. The summed E-state index contributed by atoms with van der Waals surface area (Å²) in [4.78, 5) is 12.3. The average Bonchev–Trinajstić information content (AvgIpc) is 2.33. The van der Waals surface area contributed by atoms with Crippen molar-refractivity contribution >= 4 is 23.5 Å². The second-order valence-corrected chi connectivity index (χ2v) is 4.22. The topological polar surface area (TPSA) is 72.0 Å². The number of aromatic nitrogens is 3. The van der Waals surface area contributed by atoms with Crippen molar-refractivity contribution in [3.63, 3.8) is 0 Å². The number of nitrogens with zero attached hydrogens (tertiary/aromatic N) is 3. The third kappa shape index (κ3) is 5.46. The highest BCUT2D eigenvalue weighted by molar-refractivity contribution is 6.28. The molecular formula is C11H20ClN5O. The highest BCUT2D eigenvalue weighted by Gasteiger charge is 2.07. The molecule has 1 rings (SSSR count). The van der Waals surface area contributed by atoms with Crippen molar-refractivity contribution in [3.8, 4) is 0 Å². The summed E-state index contributed by atoms with van der Waals surface area (Å²) >= 11 is 5.84. The Bertz CT molecular complexity index is 363. The summed E-state index contributed by atoms with van der Waals surface area (Å²) in [6.07, 6.45) is 0.993. The number of anilines is 2. The van der Waals surface area contributed by atoms with Gasteiger partial charge in [-0.3, -0.25) is 0 Å². The van der Waals surface area contributed by atoms with Gasteiger partial charge in [-0.25, -0.2) is 0 Å². The molecule has 1 atom stereocenters. The van der Waals surface area contributed by atoms with Gasteiger partial charge in [0.2, 0.25) is 17.2 Å². The lowest BCUT2D eigenvalue weighted by atomic mass is 10.4. The molecule has 0 aliphatic heterocycles. The summed E-state index contributed by atoms with van der Waals surface area (Å²) in [6.45, 7) is 8.10. The first-order chi connectivity index (χ1) is 8.65. The fourth-order valence-electron chi connectivity index (χ4n) is 1.29. The molecule has 0 aliphatic rings. The van der Waals surface area contributed by atoms with Gasteiger partial charge in [-0.2, -0.15) is 15.0 Å². The molecule has 1 heterocycles. The molecule has 1 aromatic heterocycles. The van der Waals surface area contributed by atoms with Crippen LogP contribution in [0, 0.1) is 0 Å². The molecule has 0 bridgehead atoms. The summed E-state index contributed by atoms with van der Waals surface area (Å²) in [5.74, 6) is 0.948. The lowest BCUT2D eigenvalue weighted by molar-refractivity contribution is 0.141. The molecule has 0 fully saturated rings. The van der Waals surface area contributed by atoms with Crippen LogP contribution in [-0.2, 0) is 4.74 Å². The number of hydrogen-bond acceptors (Lipinski definition) is 6. The van der Waals surface area contributed by atoms with Crippen LogP contribution in [0.5, 0.6) is 0 Å². The van der Waals surface area contributed by atoms with Crippen LogP contribution >= 0.6 is 11.6 Å². The third-order valence-corrected chi connectivity index (χ3v) is 2.26. The molecule has 0 aliphatic carbocycles. The van der Waals surface area contributed by atoms with Gasteiger partial charge in [-0.1, -0.05) is 6.92 Å². The third-order valence-electron chi connectivity index (χ3n) is 2.09. The van der Waals surface area contributed by atoms with E-state index in [4.69, 9.17) is 16.3 Å². The van der Waals surface area contributed by atoms with Gasteiger partial charge in [0.15, 0.2) is 0 Å². The van der Waals surface area contributed by atoms with Gasteiger partial charge in [-0.05, 0) is 31.9 Å². The Hall–Kier alpha value is -1.14. The van der Waals surface area contributed by atoms with E-state index in [2.05, 4.69) is 32.5 Å². The lowest BCUT2D eigenvalue weighted by Crippen LogP contribution is -2.23. The molecule has 0 aromatic carbocycles. The van der Waals surface area contributed by atoms with Gasteiger partial charge >= 0.3 is 0 Å². The fraction of sp³-hybridized carbons (Fsp3) is 0.727. The number of ether oxygens (including phenoxy) is 1. The molecular weight excluding hydrogens is 254 g/mol. The molecule has 6 nitrogen and oxygen atoms in total. The van der Waals surface area contributed by atoms with Crippen LogP contribution in [0.2, 0.25) is 5.28 Å². The Morgan fingerprint density at radius 3 is 2.61 bits per heavy atom. The molecule has 0 radical (unpaired) electrons. The largest absolute Gasteiger partial charge is 0.380 e. The maximum Gasteiger partial charge on any atom is 0.229 e. The van der Waals surface area contributed by atoms with Crippen LogP contribution in [0.25, 0.3) is 0 Å². The Balaban J connectivity index is 2.61. The number of hydrogen-bond donors (Lipinski definition) is 2. The highest BCUT2D eigenvalue weighted by atomic mass is 35.5. The monoisotopic (exact) mass is 273 g/mol. The zero-order valence-corrected chi connectivity index (χ0v) is 11.8. The van der Waals surface area contributed by atoms with Gasteiger partial charge in [0.25, 0.3) is 0 Å². The Morgan fingerprint density at radius 2 is 1.94 bits per heavy atom. The van der Waals surface area contributed by atoms with Gasteiger partial charge in [0.1, 0.15) is 0 Å². The summed E-state index contributed by atoms with van der Waals surface area (Å²) in [7, 11) is 0. The van der Waals surface area contributed by atoms with Crippen LogP contribution in [0.4, 0.5) is 11.9 Å². The minimum Gasteiger partial charge on any atom is -0.380 e. The predicted molar refractivity (Wildman–Crippen MR) is 73.2 cm³/mol. The van der Waals surface area contributed by atoms with E-state index >= 15 is 0 Å². The van der Waals surface area contributed by atoms with E-state index in [0.717, 1.165) is 13.0 Å².